The summed E-state index contributed by atoms with van der Waals surface area (Å²) in [5.74, 6) is -1.05. The number of carboxylic acids is 1. The molecule has 0 aliphatic rings. The molecule has 0 unspecified atom stereocenters. The Labute approximate surface area is 147 Å². The minimum atomic E-state index is -1.18. The Bertz CT molecular complexity index is 743. The van der Waals surface area contributed by atoms with Crippen molar-refractivity contribution in [3.8, 4) is 11.1 Å². The highest BCUT2D eigenvalue weighted by Gasteiger charge is 2.23. The van der Waals surface area contributed by atoms with Gasteiger partial charge in [0.15, 0.2) is 0 Å². The third-order valence-electron chi connectivity index (χ3n) is 3.47. The van der Waals surface area contributed by atoms with Crippen molar-refractivity contribution in [2.24, 2.45) is 0 Å². The van der Waals surface area contributed by atoms with Gasteiger partial charge in [-0.05, 0) is 38.2 Å². The van der Waals surface area contributed by atoms with Crippen LogP contribution in [-0.2, 0) is 19.8 Å². The number of nitrogens with two attached hydrogens (primary N) is 1. The van der Waals surface area contributed by atoms with Crippen molar-refractivity contribution in [2.75, 3.05) is 5.73 Å². The Hall–Kier alpha value is -2.13. The zero-order chi connectivity index (χ0) is 18.4. The van der Waals surface area contributed by atoms with E-state index in [9.17, 15) is 20.1 Å². The van der Waals surface area contributed by atoms with Crippen LogP contribution in [0.5, 0.6) is 0 Å². The summed E-state index contributed by atoms with van der Waals surface area (Å²) in [5.41, 5.74) is 7.89. The number of carboxylic acid groups (broad SMARTS) is 1. The smallest absolute Gasteiger partial charge is 0.353 e. The second kappa shape index (κ2) is 8.65. The van der Waals surface area contributed by atoms with E-state index in [4.69, 9.17) is 10.8 Å². The van der Waals surface area contributed by atoms with Crippen molar-refractivity contribution in [3.63, 3.8) is 0 Å². The lowest BCUT2D eigenvalue weighted by Gasteiger charge is -2.15. The average molecular weight is 399 g/mol. The number of benzene rings is 1. The van der Waals surface area contributed by atoms with Crippen molar-refractivity contribution in [1.29, 1.82) is 0 Å². The van der Waals surface area contributed by atoms with Gasteiger partial charge in [0.05, 0.1) is 24.3 Å². The SMILES string of the molecule is C=C.Nc1[nH]c(C(=O)O)c(Br)c1-c1ccc(CO)c(CO)c1CO. The van der Waals surface area contributed by atoms with Crippen LogP contribution >= 0.6 is 15.9 Å². The number of aliphatic hydroxyl groups is 3. The molecule has 2 rings (SSSR count). The van der Waals surface area contributed by atoms with E-state index >= 15 is 0 Å². The number of anilines is 1. The molecule has 0 atom stereocenters. The van der Waals surface area contributed by atoms with Gasteiger partial charge in [0, 0.05) is 5.56 Å². The second-order valence-electron chi connectivity index (χ2n) is 4.61. The summed E-state index contributed by atoms with van der Waals surface area (Å²) in [7, 11) is 0. The van der Waals surface area contributed by atoms with Gasteiger partial charge < -0.3 is 31.1 Å². The predicted molar refractivity (Wildman–Crippen MR) is 94.3 cm³/mol. The Morgan fingerprint density at radius 2 is 1.71 bits per heavy atom. The fourth-order valence-electron chi connectivity index (χ4n) is 2.41. The van der Waals surface area contributed by atoms with Gasteiger partial charge in [0.1, 0.15) is 11.5 Å². The molecule has 1 aromatic heterocycles. The molecule has 8 heteroatoms. The molecule has 0 amide bonds. The van der Waals surface area contributed by atoms with E-state index in [-0.39, 0.29) is 29.2 Å². The number of rotatable bonds is 5. The molecule has 0 fully saturated rings. The topological polar surface area (TPSA) is 140 Å². The lowest BCUT2D eigenvalue weighted by atomic mass is 9.93. The zero-order valence-corrected chi connectivity index (χ0v) is 14.4. The number of aromatic amines is 1. The first-order valence-electron chi connectivity index (χ1n) is 6.83. The number of aromatic nitrogens is 1. The average Bonchev–Trinajstić information content (AvgIpc) is 2.89. The van der Waals surface area contributed by atoms with Crippen LogP contribution in [0.25, 0.3) is 11.1 Å². The number of aromatic carboxylic acids is 1. The van der Waals surface area contributed by atoms with Gasteiger partial charge in [0.25, 0.3) is 0 Å². The Morgan fingerprint density at radius 3 is 2.12 bits per heavy atom. The molecule has 0 saturated carbocycles. The van der Waals surface area contributed by atoms with Crippen LogP contribution in [0.15, 0.2) is 29.8 Å². The number of nitrogen functional groups attached to an aromatic ring is 1. The van der Waals surface area contributed by atoms with Crippen LogP contribution in [0.3, 0.4) is 0 Å². The number of nitrogens with one attached hydrogen (secondary N) is 1. The van der Waals surface area contributed by atoms with E-state index < -0.39 is 12.6 Å². The molecule has 7 N–H and O–H groups in total. The number of halogens is 1. The molecule has 0 aliphatic carbocycles. The highest BCUT2D eigenvalue weighted by Crippen LogP contribution is 2.39. The normalized spacial score (nSPS) is 10.2. The Balaban J connectivity index is 0.00000139. The first-order chi connectivity index (χ1) is 11.5. The van der Waals surface area contributed by atoms with Crippen LogP contribution in [0.1, 0.15) is 27.2 Å². The molecular formula is C16H19BrN2O5. The summed E-state index contributed by atoms with van der Waals surface area (Å²) in [5, 5.41) is 37.6. The van der Waals surface area contributed by atoms with Crippen molar-refractivity contribution >= 4 is 27.7 Å². The van der Waals surface area contributed by atoms with Gasteiger partial charge in [-0.2, -0.15) is 0 Å². The van der Waals surface area contributed by atoms with E-state index in [1.807, 2.05) is 0 Å². The molecule has 1 heterocycles. The molecule has 0 spiro atoms. The summed E-state index contributed by atoms with van der Waals surface area (Å²) < 4.78 is 0.257. The van der Waals surface area contributed by atoms with E-state index in [1.165, 1.54) is 0 Å². The highest BCUT2D eigenvalue weighted by atomic mass is 79.9. The maximum Gasteiger partial charge on any atom is 0.353 e. The quantitative estimate of drug-likeness (QED) is 0.425. The summed E-state index contributed by atoms with van der Waals surface area (Å²) in [6, 6.07) is 3.21. The molecule has 130 valence electrons. The fraction of sp³-hybridized carbons (Fsp3) is 0.188. The Morgan fingerprint density at radius 1 is 1.12 bits per heavy atom. The monoisotopic (exact) mass is 398 g/mol. The van der Waals surface area contributed by atoms with Crippen LogP contribution in [0, 0.1) is 0 Å². The van der Waals surface area contributed by atoms with E-state index in [0.717, 1.165) is 0 Å². The van der Waals surface area contributed by atoms with Crippen LogP contribution in [0.2, 0.25) is 0 Å². The van der Waals surface area contributed by atoms with Gasteiger partial charge in [0.2, 0.25) is 0 Å². The number of hydrogen-bond acceptors (Lipinski definition) is 5. The number of carbonyl (C=O) groups is 1. The summed E-state index contributed by atoms with van der Waals surface area (Å²) in [6.07, 6.45) is 0. The van der Waals surface area contributed by atoms with Crippen LogP contribution in [-0.4, -0.2) is 31.4 Å². The van der Waals surface area contributed by atoms with Crippen molar-refractivity contribution in [3.05, 3.63) is 52.1 Å². The summed E-state index contributed by atoms with van der Waals surface area (Å²) in [6.45, 7) is 4.96. The standard InChI is InChI=1S/C14H15BrN2O5.C2H4/c15-11-10(13(16)17-12(11)14(21)22)7-2-1-6(3-18)8(4-19)9(7)5-20;1-2/h1-2,17-20H,3-5,16H2,(H,21,22);1-2H2. The minimum Gasteiger partial charge on any atom is -0.477 e. The van der Waals surface area contributed by atoms with E-state index in [1.54, 1.807) is 12.1 Å². The first-order valence-corrected chi connectivity index (χ1v) is 7.62. The Kier molecular flexibility index (Phi) is 7.18. The molecule has 0 aliphatic heterocycles. The van der Waals surface area contributed by atoms with Gasteiger partial charge in [-0.25, -0.2) is 4.79 Å². The molecular weight excluding hydrogens is 380 g/mol. The maximum atomic E-state index is 11.2. The van der Waals surface area contributed by atoms with E-state index in [0.29, 0.717) is 27.8 Å². The molecule has 24 heavy (non-hydrogen) atoms. The first kappa shape index (κ1) is 19.9. The largest absolute Gasteiger partial charge is 0.477 e. The summed E-state index contributed by atoms with van der Waals surface area (Å²) in [4.78, 5) is 13.7. The fourth-order valence-corrected chi connectivity index (χ4v) is 3.10. The number of aliphatic hydroxyl groups excluding tert-OH is 3. The molecule has 1 aromatic carbocycles. The minimum absolute atomic E-state index is 0.104. The van der Waals surface area contributed by atoms with E-state index in [2.05, 4.69) is 34.1 Å². The zero-order valence-electron chi connectivity index (χ0n) is 12.8. The van der Waals surface area contributed by atoms with Crippen LogP contribution in [0.4, 0.5) is 5.82 Å². The highest BCUT2D eigenvalue weighted by molar-refractivity contribution is 9.10. The second-order valence-corrected chi connectivity index (χ2v) is 5.40. The lowest BCUT2D eigenvalue weighted by molar-refractivity contribution is 0.0690. The summed E-state index contributed by atoms with van der Waals surface area (Å²) >= 11 is 3.20. The van der Waals surface area contributed by atoms with Gasteiger partial charge in [-0.3, -0.25) is 0 Å². The molecule has 0 radical (unpaired) electrons. The number of hydrogen-bond donors (Lipinski definition) is 6. The third-order valence-corrected chi connectivity index (χ3v) is 4.26. The molecule has 0 bridgehead atoms. The van der Waals surface area contributed by atoms with Crippen molar-refractivity contribution in [2.45, 2.75) is 19.8 Å². The molecule has 0 saturated heterocycles. The maximum absolute atomic E-state index is 11.2. The molecule has 7 nitrogen and oxygen atoms in total. The van der Waals surface area contributed by atoms with Crippen LogP contribution < -0.4 is 5.73 Å². The van der Waals surface area contributed by atoms with Gasteiger partial charge in [-0.15, -0.1) is 13.2 Å². The van der Waals surface area contributed by atoms with Crippen molar-refractivity contribution in [1.82, 2.24) is 4.98 Å². The van der Waals surface area contributed by atoms with Gasteiger partial charge >= 0.3 is 5.97 Å². The number of H-pyrrole nitrogens is 1. The van der Waals surface area contributed by atoms with Crippen molar-refractivity contribution < 1.29 is 25.2 Å². The predicted octanol–water partition coefficient (Wildman–Crippen LogP) is 2.00. The third kappa shape index (κ3) is 3.51. The molecule has 2 aromatic rings. The van der Waals surface area contributed by atoms with Gasteiger partial charge in [-0.1, -0.05) is 12.1 Å². The lowest BCUT2D eigenvalue weighted by Crippen LogP contribution is -2.04.